The molecule has 0 aliphatic rings. The van der Waals surface area contributed by atoms with Gasteiger partial charge >= 0.3 is 0 Å². The van der Waals surface area contributed by atoms with Gasteiger partial charge in [0.05, 0.1) is 11.3 Å². The summed E-state index contributed by atoms with van der Waals surface area (Å²) >= 11 is 1.34. The zero-order chi connectivity index (χ0) is 15.3. The van der Waals surface area contributed by atoms with Crippen molar-refractivity contribution in [2.45, 2.75) is 38.0 Å². The van der Waals surface area contributed by atoms with Gasteiger partial charge in [-0.1, -0.05) is 42.1 Å². The molecule has 7 heteroatoms. The Kier molecular flexibility index (Phi) is 4.95. The van der Waals surface area contributed by atoms with E-state index in [4.69, 9.17) is 0 Å². The summed E-state index contributed by atoms with van der Waals surface area (Å²) in [7, 11) is 0. The second-order valence-corrected chi connectivity index (χ2v) is 6.54. The first kappa shape index (κ1) is 15.5. The molecule has 0 spiro atoms. The van der Waals surface area contributed by atoms with Crippen molar-refractivity contribution in [2.75, 3.05) is 5.75 Å². The second-order valence-electron chi connectivity index (χ2n) is 5.60. The predicted molar refractivity (Wildman–Crippen MR) is 81.8 cm³/mol. The molecule has 0 radical (unpaired) electrons. The van der Waals surface area contributed by atoms with Gasteiger partial charge in [-0.15, -0.1) is 5.10 Å². The predicted octanol–water partition coefficient (Wildman–Crippen LogP) is 1.84. The molecule has 0 saturated heterocycles. The van der Waals surface area contributed by atoms with Crippen LogP contribution in [-0.2, 0) is 16.9 Å². The van der Waals surface area contributed by atoms with E-state index in [1.54, 1.807) is 4.68 Å². The monoisotopic (exact) mass is 305 g/mol. The van der Waals surface area contributed by atoms with E-state index in [0.29, 0.717) is 17.5 Å². The van der Waals surface area contributed by atoms with E-state index < -0.39 is 0 Å². The molecule has 1 heterocycles. The molecule has 0 bridgehead atoms. The molecule has 0 fully saturated rings. The van der Waals surface area contributed by atoms with E-state index in [1.165, 1.54) is 11.8 Å². The fraction of sp³-hybridized carbons (Fsp3) is 0.429. The summed E-state index contributed by atoms with van der Waals surface area (Å²) in [5, 5.41) is 15.1. The first-order valence-corrected chi connectivity index (χ1v) is 7.67. The number of thioether (sulfide) groups is 1. The van der Waals surface area contributed by atoms with Crippen molar-refractivity contribution >= 4 is 17.7 Å². The van der Waals surface area contributed by atoms with Crippen LogP contribution in [0.2, 0.25) is 0 Å². The van der Waals surface area contributed by atoms with Crippen molar-refractivity contribution in [3.63, 3.8) is 0 Å². The Morgan fingerprint density at radius 1 is 1.29 bits per heavy atom. The SMILES string of the molecule is CC(C)(C)n1nnnc1SCC(=O)NCc1ccccc1. The first-order chi connectivity index (χ1) is 9.97. The molecule has 2 aromatic rings. The Hall–Kier alpha value is -1.89. The Labute approximate surface area is 128 Å². The summed E-state index contributed by atoms with van der Waals surface area (Å²) in [6.45, 7) is 6.58. The number of benzene rings is 1. The molecule has 0 aliphatic heterocycles. The normalized spacial score (nSPS) is 11.4. The summed E-state index contributed by atoms with van der Waals surface area (Å²) in [5.41, 5.74) is 0.877. The number of rotatable bonds is 5. The van der Waals surface area contributed by atoms with Crippen LogP contribution in [0.25, 0.3) is 0 Å². The lowest BCUT2D eigenvalue weighted by Gasteiger charge is -2.19. The smallest absolute Gasteiger partial charge is 0.230 e. The summed E-state index contributed by atoms with van der Waals surface area (Å²) in [6, 6.07) is 9.82. The number of hydrogen-bond donors (Lipinski definition) is 1. The molecular weight excluding hydrogens is 286 g/mol. The van der Waals surface area contributed by atoms with Crippen molar-refractivity contribution in [3.05, 3.63) is 35.9 Å². The van der Waals surface area contributed by atoms with Crippen molar-refractivity contribution in [3.8, 4) is 0 Å². The van der Waals surface area contributed by atoms with E-state index in [2.05, 4.69) is 20.8 Å². The summed E-state index contributed by atoms with van der Waals surface area (Å²) in [5.74, 6) is 0.260. The highest BCUT2D eigenvalue weighted by Crippen LogP contribution is 2.20. The molecule has 0 aliphatic carbocycles. The van der Waals surface area contributed by atoms with E-state index in [0.717, 1.165) is 5.56 Å². The maximum atomic E-state index is 11.9. The van der Waals surface area contributed by atoms with Crippen LogP contribution in [0.4, 0.5) is 0 Å². The van der Waals surface area contributed by atoms with Crippen LogP contribution in [0.1, 0.15) is 26.3 Å². The van der Waals surface area contributed by atoms with Gasteiger partial charge in [-0.25, -0.2) is 4.68 Å². The van der Waals surface area contributed by atoms with Crippen LogP contribution >= 0.6 is 11.8 Å². The average molecular weight is 305 g/mol. The van der Waals surface area contributed by atoms with Crippen molar-refractivity contribution in [1.29, 1.82) is 0 Å². The third-order valence-electron chi connectivity index (χ3n) is 2.74. The van der Waals surface area contributed by atoms with Gasteiger partial charge in [-0.3, -0.25) is 4.79 Å². The summed E-state index contributed by atoms with van der Waals surface area (Å²) in [4.78, 5) is 11.9. The maximum Gasteiger partial charge on any atom is 0.230 e. The minimum atomic E-state index is -0.202. The Morgan fingerprint density at radius 2 is 2.00 bits per heavy atom. The molecular formula is C14H19N5OS. The van der Waals surface area contributed by atoms with Crippen molar-refractivity contribution in [2.24, 2.45) is 0 Å². The van der Waals surface area contributed by atoms with Crippen LogP contribution in [-0.4, -0.2) is 31.9 Å². The number of nitrogens with zero attached hydrogens (tertiary/aromatic N) is 4. The third-order valence-corrected chi connectivity index (χ3v) is 3.66. The Balaban J connectivity index is 1.83. The van der Waals surface area contributed by atoms with Crippen LogP contribution in [0, 0.1) is 0 Å². The number of carbonyl (C=O) groups excluding carboxylic acids is 1. The van der Waals surface area contributed by atoms with Gasteiger partial charge in [-0.05, 0) is 36.8 Å². The van der Waals surface area contributed by atoms with Gasteiger partial charge in [0.1, 0.15) is 0 Å². The zero-order valence-corrected chi connectivity index (χ0v) is 13.2. The highest BCUT2D eigenvalue weighted by Gasteiger charge is 2.20. The number of tetrazole rings is 1. The fourth-order valence-electron chi connectivity index (χ4n) is 1.67. The minimum Gasteiger partial charge on any atom is -0.351 e. The van der Waals surface area contributed by atoms with E-state index in [9.17, 15) is 4.79 Å². The standard InChI is InChI=1S/C14H19N5OS/c1-14(2,3)19-13(16-17-18-19)21-10-12(20)15-9-11-7-5-4-6-8-11/h4-8H,9-10H2,1-3H3,(H,15,20). The van der Waals surface area contributed by atoms with Gasteiger partial charge in [0.15, 0.2) is 0 Å². The molecule has 2 rings (SSSR count). The van der Waals surface area contributed by atoms with Crippen molar-refractivity contribution < 1.29 is 4.79 Å². The van der Waals surface area contributed by atoms with Crippen LogP contribution in [0.5, 0.6) is 0 Å². The molecule has 0 saturated carbocycles. The third kappa shape index (κ3) is 4.56. The number of carbonyl (C=O) groups is 1. The van der Waals surface area contributed by atoms with Crippen LogP contribution in [0.15, 0.2) is 35.5 Å². The lowest BCUT2D eigenvalue weighted by atomic mass is 10.1. The van der Waals surface area contributed by atoms with Gasteiger partial charge in [0.2, 0.25) is 11.1 Å². The lowest BCUT2D eigenvalue weighted by molar-refractivity contribution is -0.118. The number of aromatic nitrogens is 4. The van der Waals surface area contributed by atoms with E-state index >= 15 is 0 Å². The molecule has 112 valence electrons. The number of amides is 1. The minimum absolute atomic E-state index is 0.0349. The fourth-order valence-corrected chi connectivity index (χ4v) is 2.56. The highest BCUT2D eigenvalue weighted by atomic mass is 32.2. The van der Waals surface area contributed by atoms with Gasteiger partial charge in [-0.2, -0.15) is 0 Å². The van der Waals surface area contributed by atoms with Crippen LogP contribution < -0.4 is 5.32 Å². The topological polar surface area (TPSA) is 72.7 Å². The quantitative estimate of drug-likeness (QED) is 0.853. The average Bonchev–Trinajstić information content (AvgIpc) is 2.92. The van der Waals surface area contributed by atoms with Gasteiger partial charge < -0.3 is 5.32 Å². The zero-order valence-electron chi connectivity index (χ0n) is 12.4. The number of nitrogens with one attached hydrogen (secondary N) is 1. The van der Waals surface area contributed by atoms with E-state index in [1.807, 2.05) is 51.1 Å². The first-order valence-electron chi connectivity index (χ1n) is 6.69. The Bertz CT molecular complexity index is 591. The molecule has 1 aromatic heterocycles. The largest absolute Gasteiger partial charge is 0.351 e. The molecule has 6 nitrogen and oxygen atoms in total. The van der Waals surface area contributed by atoms with Gasteiger partial charge in [0.25, 0.3) is 0 Å². The maximum absolute atomic E-state index is 11.9. The summed E-state index contributed by atoms with van der Waals surface area (Å²) in [6.07, 6.45) is 0. The van der Waals surface area contributed by atoms with Gasteiger partial charge in [0, 0.05) is 6.54 Å². The molecule has 21 heavy (non-hydrogen) atoms. The van der Waals surface area contributed by atoms with Crippen LogP contribution in [0.3, 0.4) is 0 Å². The second kappa shape index (κ2) is 6.71. The Morgan fingerprint density at radius 3 is 2.67 bits per heavy atom. The molecule has 0 atom stereocenters. The molecule has 1 amide bonds. The molecule has 0 unspecified atom stereocenters. The highest BCUT2D eigenvalue weighted by molar-refractivity contribution is 7.99. The summed E-state index contributed by atoms with van der Waals surface area (Å²) < 4.78 is 1.72. The molecule has 1 N–H and O–H groups in total. The van der Waals surface area contributed by atoms with E-state index in [-0.39, 0.29) is 11.4 Å². The lowest BCUT2D eigenvalue weighted by Crippen LogP contribution is -2.26. The molecule has 1 aromatic carbocycles. The van der Waals surface area contributed by atoms with Crippen molar-refractivity contribution in [1.82, 2.24) is 25.5 Å². The number of hydrogen-bond acceptors (Lipinski definition) is 5.